The first-order valence-electron chi connectivity index (χ1n) is 7.49. The Hall–Kier alpha value is -3.08. The van der Waals surface area contributed by atoms with Gasteiger partial charge in [-0.3, -0.25) is 0 Å². The van der Waals surface area contributed by atoms with Crippen LogP contribution in [-0.2, 0) is 0 Å². The number of hydrogen-bond acceptors (Lipinski definition) is 4. The standard InChI is InChI=1S/C20H16O4/c1-22-18-9-6-15(7-10-18)5-8-17-13-20-19(23-14-24-20)12-16(17)4-2-3-11-21/h6-7,9-10,12-13,21H,3,11,14H2,1H3. The average molecular weight is 320 g/mol. The van der Waals surface area contributed by atoms with Crippen LogP contribution in [0.2, 0.25) is 0 Å². The topological polar surface area (TPSA) is 47.9 Å². The van der Waals surface area contributed by atoms with Gasteiger partial charge in [-0.15, -0.1) is 0 Å². The lowest BCUT2D eigenvalue weighted by Crippen LogP contribution is -1.92. The highest BCUT2D eigenvalue weighted by molar-refractivity contribution is 5.60. The summed E-state index contributed by atoms with van der Waals surface area (Å²) < 4.78 is 15.9. The molecular weight excluding hydrogens is 304 g/mol. The van der Waals surface area contributed by atoms with E-state index in [9.17, 15) is 0 Å². The van der Waals surface area contributed by atoms with Gasteiger partial charge in [0.15, 0.2) is 11.5 Å². The number of ether oxygens (including phenoxy) is 3. The van der Waals surface area contributed by atoms with Gasteiger partial charge < -0.3 is 19.3 Å². The van der Waals surface area contributed by atoms with Crippen molar-refractivity contribution < 1.29 is 19.3 Å². The Bertz CT molecular complexity index is 845. The largest absolute Gasteiger partial charge is 0.497 e. The fourth-order valence-corrected chi connectivity index (χ4v) is 2.18. The van der Waals surface area contributed by atoms with Gasteiger partial charge in [-0.1, -0.05) is 23.7 Å². The van der Waals surface area contributed by atoms with Gasteiger partial charge in [-0.25, -0.2) is 0 Å². The molecule has 120 valence electrons. The summed E-state index contributed by atoms with van der Waals surface area (Å²) in [6, 6.07) is 11.2. The minimum Gasteiger partial charge on any atom is -0.497 e. The van der Waals surface area contributed by atoms with Crippen LogP contribution >= 0.6 is 0 Å². The monoisotopic (exact) mass is 320 g/mol. The summed E-state index contributed by atoms with van der Waals surface area (Å²) in [7, 11) is 1.63. The molecule has 4 nitrogen and oxygen atoms in total. The SMILES string of the molecule is COc1ccc(C#Cc2cc3c(cc2C#CCCO)OCO3)cc1. The van der Waals surface area contributed by atoms with Crippen LogP contribution in [0.4, 0.5) is 0 Å². The molecule has 0 bridgehead atoms. The summed E-state index contributed by atoms with van der Waals surface area (Å²) >= 11 is 0. The molecule has 0 saturated carbocycles. The number of hydrogen-bond donors (Lipinski definition) is 1. The third-order valence-electron chi connectivity index (χ3n) is 3.40. The zero-order valence-corrected chi connectivity index (χ0v) is 13.3. The number of methoxy groups -OCH3 is 1. The molecule has 1 aliphatic rings. The van der Waals surface area contributed by atoms with Crippen molar-refractivity contribution in [3.8, 4) is 40.9 Å². The van der Waals surface area contributed by atoms with Crippen molar-refractivity contribution in [3.63, 3.8) is 0 Å². The van der Waals surface area contributed by atoms with Gasteiger partial charge in [0.05, 0.1) is 13.7 Å². The summed E-state index contributed by atoms with van der Waals surface area (Å²) in [5.41, 5.74) is 2.40. The molecule has 1 aliphatic heterocycles. The molecule has 1 N–H and O–H groups in total. The van der Waals surface area contributed by atoms with E-state index >= 15 is 0 Å². The number of aliphatic hydroxyl groups is 1. The molecule has 0 fully saturated rings. The fraction of sp³-hybridized carbons (Fsp3) is 0.200. The fourth-order valence-electron chi connectivity index (χ4n) is 2.18. The van der Waals surface area contributed by atoms with E-state index in [-0.39, 0.29) is 13.4 Å². The summed E-state index contributed by atoms with van der Waals surface area (Å²) in [5, 5.41) is 8.88. The summed E-state index contributed by atoms with van der Waals surface area (Å²) in [6.07, 6.45) is 0.416. The molecular formula is C20H16O4. The molecule has 0 saturated heterocycles. The molecule has 2 aromatic rings. The maximum atomic E-state index is 8.88. The lowest BCUT2D eigenvalue weighted by molar-refractivity contribution is 0.174. The first kappa shape index (κ1) is 15.8. The average Bonchev–Trinajstić information content (AvgIpc) is 3.07. The summed E-state index contributed by atoms with van der Waals surface area (Å²) in [6.45, 7) is 0.235. The molecule has 0 radical (unpaired) electrons. The van der Waals surface area contributed by atoms with Crippen molar-refractivity contribution >= 4 is 0 Å². The van der Waals surface area contributed by atoms with Gasteiger partial charge in [0.2, 0.25) is 6.79 Å². The Kier molecular flexibility index (Phi) is 4.91. The smallest absolute Gasteiger partial charge is 0.231 e. The normalized spacial score (nSPS) is 11.1. The van der Waals surface area contributed by atoms with Crippen molar-refractivity contribution in [2.24, 2.45) is 0 Å². The molecule has 4 heteroatoms. The minimum atomic E-state index is 0.0322. The maximum Gasteiger partial charge on any atom is 0.231 e. The molecule has 0 atom stereocenters. The highest BCUT2D eigenvalue weighted by Crippen LogP contribution is 2.34. The molecule has 1 heterocycles. The second kappa shape index (κ2) is 7.46. The quantitative estimate of drug-likeness (QED) is 0.864. The molecule has 0 unspecified atom stereocenters. The molecule has 0 spiro atoms. The number of fused-ring (bicyclic) bond motifs is 1. The molecule has 3 rings (SSSR count). The van der Waals surface area contributed by atoms with Crippen molar-refractivity contribution in [2.45, 2.75) is 6.42 Å². The van der Waals surface area contributed by atoms with Crippen molar-refractivity contribution in [2.75, 3.05) is 20.5 Å². The van der Waals surface area contributed by atoms with Crippen LogP contribution in [0.25, 0.3) is 0 Å². The molecule has 24 heavy (non-hydrogen) atoms. The number of benzene rings is 2. The summed E-state index contributed by atoms with van der Waals surface area (Å²) in [5.74, 6) is 14.3. The predicted molar refractivity (Wildman–Crippen MR) is 90.1 cm³/mol. The Balaban J connectivity index is 1.94. The van der Waals surface area contributed by atoms with Crippen LogP contribution < -0.4 is 14.2 Å². The number of rotatable bonds is 2. The zero-order valence-electron chi connectivity index (χ0n) is 13.3. The van der Waals surface area contributed by atoms with Gasteiger partial charge >= 0.3 is 0 Å². The molecule has 0 aliphatic carbocycles. The van der Waals surface area contributed by atoms with Gasteiger partial charge in [0.25, 0.3) is 0 Å². The van der Waals surface area contributed by atoms with E-state index in [4.69, 9.17) is 19.3 Å². The Labute approximate surface area is 141 Å². The maximum absolute atomic E-state index is 8.88. The minimum absolute atomic E-state index is 0.0322. The van der Waals surface area contributed by atoms with Crippen molar-refractivity contribution in [1.82, 2.24) is 0 Å². The Morgan fingerprint density at radius 1 is 1.00 bits per heavy atom. The van der Waals surface area contributed by atoms with Crippen molar-refractivity contribution in [1.29, 1.82) is 0 Å². The molecule has 0 amide bonds. The first-order valence-corrected chi connectivity index (χ1v) is 7.49. The van der Waals surface area contributed by atoms with Crippen LogP contribution in [0.1, 0.15) is 23.1 Å². The number of aliphatic hydroxyl groups excluding tert-OH is 1. The van der Waals surface area contributed by atoms with Crippen molar-refractivity contribution in [3.05, 3.63) is 53.1 Å². The zero-order chi connectivity index (χ0) is 16.8. The van der Waals surface area contributed by atoms with E-state index in [1.54, 1.807) is 7.11 Å². The lowest BCUT2D eigenvalue weighted by atomic mass is 10.1. The molecule has 2 aromatic carbocycles. The lowest BCUT2D eigenvalue weighted by Gasteiger charge is -2.01. The van der Waals surface area contributed by atoms with Crippen LogP contribution in [0.5, 0.6) is 17.2 Å². The van der Waals surface area contributed by atoms with Crippen LogP contribution in [0.3, 0.4) is 0 Å². The van der Waals surface area contributed by atoms with Crippen LogP contribution in [0, 0.1) is 23.7 Å². The highest BCUT2D eigenvalue weighted by Gasteiger charge is 2.15. The van der Waals surface area contributed by atoms with E-state index in [0.29, 0.717) is 17.9 Å². The van der Waals surface area contributed by atoms with E-state index in [1.165, 1.54) is 0 Å². The van der Waals surface area contributed by atoms with E-state index in [1.807, 2.05) is 36.4 Å². The highest BCUT2D eigenvalue weighted by atomic mass is 16.7. The molecule has 0 aromatic heterocycles. The van der Waals surface area contributed by atoms with E-state index in [0.717, 1.165) is 22.4 Å². The van der Waals surface area contributed by atoms with E-state index < -0.39 is 0 Å². The second-order valence-corrected chi connectivity index (χ2v) is 5.00. The van der Waals surface area contributed by atoms with Gasteiger partial charge in [-0.2, -0.15) is 0 Å². The Morgan fingerprint density at radius 3 is 2.29 bits per heavy atom. The van der Waals surface area contributed by atoms with E-state index in [2.05, 4.69) is 23.7 Å². The predicted octanol–water partition coefficient (Wildman–Crippen LogP) is 2.56. The van der Waals surface area contributed by atoms with Gasteiger partial charge in [0, 0.05) is 35.2 Å². The third-order valence-corrected chi connectivity index (χ3v) is 3.40. The second-order valence-electron chi connectivity index (χ2n) is 5.00. The Morgan fingerprint density at radius 2 is 1.67 bits per heavy atom. The van der Waals surface area contributed by atoms with Crippen LogP contribution in [-0.4, -0.2) is 25.6 Å². The van der Waals surface area contributed by atoms with Gasteiger partial charge in [0.1, 0.15) is 5.75 Å². The van der Waals surface area contributed by atoms with Crippen LogP contribution in [0.15, 0.2) is 36.4 Å². The van der Waals surface area contributed by atoms with Gasteiger partial charge in [-0.05, 0) is 24.3 Å². The summed E-state index contributed by atoms with van der Waals surface area (Å²) in [4.78, 5) is 0. The first-order chi connectivity index (χ1) is 11.8. The third kappa shape index (κ3) is 3.63.